The molecule has 1 aliphatic heterocycles. The molecule has 76 valence electrons. The Morgan fingerprint density at radius 3 is 2.86 bits per heavy atom. The third-order valence-corrected chi connectivity index (χ3v) is 3.09. The van der Waals surface area contributed by atoms with E-state index in [0.717, 1.165) is 27.1 Å². The lowest BCUT2D eigenvalue weighted by atomic mass is 10.0. The summed E-state index contributed by atoms with van der Waals surface area (Å²) in [6.45, 7) is 4.26. The Kier molecular flexibility index (Phi) is 2.41. The quantitative estimate of drug-likeness (QED) is 0.841. The summed E-state index contributed by atoms with van der Waals surface area (Å²) in [7, 11) is 0. The van der Waals surface area contributed by atoms with Crippen molar-refractivity contribution in [3.05, 3.63) is 21.7 Å². The first-order valence-corrected chi connectivity index (χ1v) is 5.24. The van der Waals surface area contributed by atoms with E-state index in [1.54, 1.807) is 0 Å². The van der Waals surface area contributed by atoms with Gasteiger partial charge in [0.25, 0.3) is 0 Å². The van der Waals surface area contributed by atoms with E-state index in [1.165, 1.54) is 0 Å². The molecule has 2 N–H and O–H groups in total. The standard InChI is InChI=1S/C10H12BrNO2/c1-5-3-7-10(14-4-13-7)9(11)8(5)6(2)12/h3,6H,4,12H2,1-2H3. The summed E-state index contributed by atoms with van der Waals surface area (Å²) >= 11 is 3.50. The number of fused-ring (bicyclic) bond motifs is 1. The van der Waals surface area contributed by atoms with Crippen LogP contribution in [0.3, 0.4) is 0 Å². The molecular weight excluding hydrogens is 246 g/mol. The van der Waals surface area contributed by atoms with Crippen molar-refractivity contribution in [1.29, 1.82) is 0 Å². The summed E-state index contributed by atoms with van der Waals surface area (Å²) in [5.74, 6) is 1.56. The van der Waals surface area contributed by atoms with Gasteiger partial charge < -0.3 is 15.2 Å². The number of ether oxygens (including phenoxy) is 2. The summed E-state index contributed by atoms with van der Waals surface area (Å²) in [4.78, 5) is 0. The first-order chi connectivity index (χ1) is 6.61. The monoisotopic (exact) mass is 257 g/mol. The zero-order valence-corrected chi connectivity index (χ0v) is 9.72. The minimum atomic E-state index is -0.0149. The summed E-state index contributed by atoms with van der Waals surface area (Å²) in [5.41, 5.74) is 8.08. The molecule has 0 bridgehead atoms. The first-order valence-electron chi connectivity index (χ1n) is 4.45. The second-order valence-corrected chi connectivity index (χ2v) is 4.24. The highest BCUT2D eigenvalue weighted by Crippen LogP contribution is 2.44. The van der Waals surface area contributed by atoms with Gasteiger partial charge in [-0.05, 0) is 47.0 Å². The Labute approximate surface area is 91.3 Å². The second-order valence-electron chi connectivity index (χ2n) is 3.44. The van der Waals surface area contributed by atoms with Crippen LogP contribution in [-0.4, -0.2) is 6.79 Å². The molecule has 0 spiro atoms. The minimum Gasteiger partial charge on any atom is -0.454 e. The van der Waals surface area contributed by atoms with Crippen molar-refractivity contribution in [3.63, 3.8) is 0 Å². The highest BCUT2D eigenvalue weighted by Gasteiger charge is 2.22. The first kappa shape index (κ1) is 9.80. The third-order valence-electron chi connectivity index (χ3n) is 2.31. The molecule has 14 heavy (non-hydrogen) atoms. The predicted octanol–water partition coefficient (Wildman–Crippen LogP) is 2.51. The van der Waals surface area contributed by atoms with Crippen LogP contribution in [-0.2, 0) is 0 Å². The van der Waals surface area contributed by atoms with Gasteiger partial charge in [-0.15, -0.1) is 0 Å². The predicted molar refractivity (Wildman–Crippen MR) is 57.6 cm³/mol. The molecule has 1 unspecified atom stereocenters. The van der Waals surface area contributed by atoms with E-state index in [9.17, 15) is 0 Å². The number of rotatable bonds is 1. The zero-order chi connectivity index (χ0) is 10.3. The van der Waals surface area contributed by atoms with E-state index >= 15 is 0 Å². The van der Waals surface area contributed by atoms with Crippen LogP contribution in [0.5, 0.6) is 11.5 Å². The van der Waals surface area contributed by atoms with Gasteiger partial charge in [0.1, 0.15) is 0 Å². The zero-order valence-electron chi connectivity index (χ0n) is 8.13. The minimum absolute atomic E-state index is 0.0149. The highest BCUT2D eigenvalue weighted by molar-refractivity contribution is 9.10. The van der Waals surface area contributed by atoms with Gasteiger partial charge in [0.15, 0.2) is 11.5 Å². The van der Waals surface area contributed by atoms with Gasteiger partial charge in [-0.1, -0.05) is 0 Å². The van der Waals surface area contributed by atoms with E-state index in [0.29, 0.717) is 0 Å². The second kappa shape index (κ2) is 3.44. The average molecular weight is 258 g/mol. The van der Waals surface area contributed by atoms with Gasteiger partial charge in [-0.2, -0.15) is 0 Å². The van der Waals surface area contributed by atoms with Crippen molar-refractivity contribution in [3.8, 4) is 11.5 Å². The van der Waals surface area contributed by atoms with E-state index < -0.39 is 0 Å². The van der Waals surface area contributed by atoms with Crippen molar-refractivity contribution in [2.75, 3.05) is 6.79 Å². The maximum Gasteiger partial charge on any atom is 0.231 e. The van der Waals surface area contributed by atoms with Gasteiger partial charge in [0.05, 0.1) is 4.47 Å². The largest absolute Gasteiger partial charge is 0.454 e. The molecule has 1 aromatic rings. The molecule has 2 rings (SSSR count). The fourth-order valence-electron chi connectivity index (χ4n) is 1.70. The molecule has 0 fully saturated rings. The van der Waals surface area contributed by atoms with Crippen LogP contribution >= 0.6 is 15.9 Å². The van der Waals surface area contributed by atoms with Gasteiger partial charge in [-0.3, -0.25) is 0 Å². The summed E-state index contributed by atoms with van der Waals surface area (Å²) in [5, 5.41) is 0. The van der Waals surface area contributed by atoms with Gasteiger partial charge in [-0.25, -0.2) is 0 Å². The van der Waals surface area contributed by atoms with Crippen LogP contribution in [0.25, 0.3) is 0 Å². The molecule has 0 amide bonds. The van der Waals surface area contributed by atoms with Crippen LogP contribution in [0.15, 0.2) is 10.5 Å². The molecule has 0 saturated carbocycles. The summed E-state index contributed by atoms with van der Waals surface area (Å²) in [6.07, 6.45) is 0. The van der Waals surface area contributed by atoms with E-state index in [-0.39, 0.29) is 12.8 Å². The maximum atomic E-state index is 5.88. The molecule has 0 aliphatic carbocycles. The van der Waals surface area contributed by atoms with Crippen molar-refractivity contribution in [2.24, 2.45) is 5.73 Å². The molecule has 0 aromatic heterocycles. The molecule has 3 nitrogen and oxygen atoms in total. The highest BCUT2D eigenvalue weighted by atomic mass is 79.9. The summed E-state index contributed by atoms with van der Waals surface area (Å²) < 4.78 is 11.6. The Balaban J connectivity index is 2.62. The SMILES string of the molecule is Cc1cc2c(c(Br)c1C(C)N)OCO2. The topological polar surface area (TPSA) is 44.5 Å². The fraction of sp³-hybridized carbons (Fsp3) is 0.400. The Hall–Kier alpha value is -0.740. The van der Waals surface area contributed by atoms with Crippen molar-refractivity contribution in [2.45, 2.75) is 19.9 Å². The van der Waals surface area contributed by atoms with Crippen LogP contribution in [0, 0.1) is 6.92 Å². The lowest BCUT2D eigenvalue weighted by molar-refractivity contribution is 0.173. The lowest BCUT2D eigenvalue weighted by Gasteiger charge is -2.13. The normalized spacial score (nSPS) is 15.7. The number of benzene rings is 1. The lowest BCUT2D eigenvalue weighted by Crippen LogP contribution is -2.08. The molecule has 1 heterocycles. The number of hydrogen-bond donors (Lipinski definition) is 1. The van der Waals surface area contributed by atoms with Crippen molar-refractivity contribution in [1.82, 2.24) is 0 Å². The molecule has 0 saturated heterocycles. The van der Waals surface area contributed by atoms with E-state index in [2.05, 4.69) is 15.9 Å². The maximum absolute atomic E-state index is 5.88. The molecule has 1 atom stereocenters. The van der Waals surface area contributed by atoms with Gasteiger partial charge in [0, 0.05) is 6.04 Å². The Bertz CT molecular complexity index is 377. The smallest absolute Gasteiger partial charge is 0.231 e. The average Bonchev–Trinajstić information content (AvgIpc) is 2.50. The van der Waals surface area contributed by atoms with Crippen molar-refractivity contribution >= 4 is 15.9 Å². The van der Waals surface area contributed by atoms with Gasteiger partial charge in [0.2, 0.25) is 6.79 Å². The summed E-state index contributed by atoms with van der Waals surface area (Å²) in [6, 6.07) is 1.95. The molecule has 4 heteroatoms. The molecule has 0 radical (unpaired) electrons. The third kappa shape index (κ3) is 1.38. The van der Waals surface area contributed by atoms with Crippen LogP contribution in [0.1, 0.15) is 24.1 Å². The molecule has 1 aliphatic rings. The number of nitrogens with two attached hydrogens (primary N) is 1. The van der Waals surface area contributed by atoms with Gasteiger partial charge >= 0.3 is 0 Å². The van der Waals surface area contributed by atoms with Crippen LogP contribution in [0.2, 0.25) is 0 Å². The van der Waals surface area contributed by atoms with E-state index in [4.69, 9.17) is 15.2 Å². The van der Waals surface area contributed by atoms with Crippen molar-refractivity contribution < 1.29 is 9.47 Å². The Morgan fingerprint density at radius 2 is 2.21 bits per heavy atom. The molecular formula is C10H12BrNO2. The Morgan fingerprint density at radius 1 is 1.50 bits per heavy atom. The van der Waals surface area contributed by atoms with Crippen LogP contribution in [0.4, 0.5) is 0 Å². The van der Waals surface area contributed by atoms with Crippen LogP contribution < -0.4 is 15.2 Å². The van der Waals surface area contributed by atoms with E-state index in [1.807, 2.05) is 19.9 Å². The number of halogens is 1. The number of hydrogen-bond acceptors (Lipinski definition) is 3. The molecule has 1 aromatic carbocycles. The fourth-order valence-corrected chi connectivity index (χ4v) is 2.68. The number of aryl methyl sites for hydroxylation is 1.